The minimum Gasteiger partial charge on any atom is -0.382 e. The van der Waals surface area contributed by atoms with Crippen molar-refractivity contribution < 1.29 is 14.0 Å². The Morgan fingerprint density at radius 2 is 2.06 bits per heavy atom. The number of halogens is 1. The van der Waals surface area contributed by atoms with E-state index in [4.69, 9.17) is 10.3 Å². The predicted molar refractivity (Wildman–Crippen MR) is 53.7 cm³/mol. The van der Waals surface area contributed by atoms with Crippen LogP contribution in [0.25, 0.3) is 11.4 Å². The number of benzene rings is 1. The van der Waals surface area contributed by atoms with E-state index in [1.54, 1.807) is 0 Å². The van der Waals surface area contributed by atoms with Crippen LogP contribution >= 0.6 is 0 Å². The molecule has 84 valence electrons. The molecule has 0 saturated carbocycles. The maximum absolute atomic E-state index is 12.7. The fourth-order valence-electron chi connectivity index (χ4n) is 1.19. The van der Waals surface area contributed by atoms with Crippen molar-refractivity contribution in [2.75, 3.05) is 6.54 Å². The minimum absolute atomic E-state index is 0.00501. The maximum atomic E-state index is 12.7. The molecule has 0 aliphatic heterocycles. The van der Waals surface area contributed by atoms with Gasteiger partial charge in [-0.2, -0.15) is 4.98 Å². The molecular weight excluding hydrogens is 213 g/mol. The summed E-state index contributed by atoms with van der Waals surface area (Å²) in [7, 11) is 0. The quantitative estimate of drug-likeness (QED) is 0.806. The van der Waals surface area contributed by atoms with E-state index >= 15 is 0 Å². The second-order valence-corrected chi connectivity index (χ2v) is 3.21. The van der Waals surface area contributed by atoms with E-state index < -0.39 is 6.10 Å². The summed E-state index contributed by atoms with van der Waals surface area (Å²) in [5.74, 6) is 0.0128. The fraction of sp³-hybridized carbons (Fsp3) is 0.200. The Labute approximate surface area is 90.7 Å². The highest BCUT2D eigenvalue weighted by Crippen LogP contribution is 2.18. The van der Waals surface area contributed by atoms with Crippen LogP contribution in [0.3, 0.4) is 0 Å². The molecule has 16 heavy (non-hydrogen) atoms. The lowest BCUT2D eigenvalue weighted by atomic mass is 10.2. The van der Waals surface area contributed by atoms with Gasteiger partial charge >= 0.3 is 0 Å². The van der Waals surface area contributed by atoms with Gasteiger partial charge in [0.2, 0.25) is 5.82 Å². The van der Waals surface area contributed by atoms with Gasteiger partial charge in [0.1, 0.15) is 11.9 Å². The van der Waals surface area contributed by atoms with Crippen LogP contribution in [0.4, 0.5) is 4.39 Å². The predicted octanol–water partition coefficient (Wildman–Crippen LogP) is 0.868. The van der Waals surface area contributed by atoms with Crippen molar-refractivity contribution in [1.82, 2.24) is 10.1 Å². The molecule has 1 heterocycles. The van der Waals surface area contributed by atoms with Gasteiger partial charge in [-0.25, -0.2) is 4.39 Å². The molecule has 1 unspecified atom stereocenters. The van der Waals surface area contributed by atoms with Crippen molar-refractivity contribution in [3.8, 4) is 11.4 Å². The molecule has 0 radical (unpaired) electrons. The Morgan fingerprint density at radius 1 is 1.38 bits per heavy atom. The molecule has 3 N–H and O–H groups in total. The van der Waals surface area contributed by atoms with Crippen molar-refractivity contribution in [2.24, 2.45) is 5.73 Å². The molecule has 0 aliphatic carbocycles. The Kier molecular flexibility index (Phi) is 2.93. The number of aliphatic hydroxyl groups is 1. The topological polar surface area (TPSA) is 85.2 Å². The second-order valence-electron chi connectivity index (χ2n) is 3.21. The molecule has 0 saturated heterocycles. The van der Waals surface area contributed by atoms with Crippen LogP contribution < -0.4 is 5.73 Å². The van der Waals surface area contributed by atoms with Crippen LogP contribution in [0.2, 0.25) is 0 Å². The molecule has 0 aliphatic rings. The molecule has 0 amide bonds. The van der Waals surface area contributed by atoms with Crippen molar-refractivity contribution >= 4 is 0 Å². The first-order valence-electron chi connectivity index (χ1n) is 4.68. The fourth-order valence-corrected chi connectivity index (χ4v) is 1.19. The third-order valence-electron chi connectivity index (χ3n) is 2.05. The minimum atomic E-state index is -0.971. The molecule has 5 nitrogen and oxygen atoms in total. The highest BCUT2D eigenvalue weighted by atomic mass is 19.1. The van der Waals surface area contributed by atoms with Gasteiger partial charge < -0.3 is 15.4 Å². The number of hydrogen-bond acceptors (Lipinski definition) is 5. The highest BCUT2D eigenvalue weighted by Gasteiger charge is 2.15. The summed E-state index contributed by atoms with van der Waals surface area (Å²) >= 11 is 0. The van der Waals surface area contributed by atoms with E-state index in [0.717, 1.165) is 0 Å². The SMILES string of the molecule is NCC(O)c1nc(-c2ccc(F)cc2)no1. The monoisotopic (exact) mass is 223 g/mol. The number of aliphatic hydroxyl groups excluding tert-OH is 1. The summed E-state index contributed by atoms with van der Waals surface area (Å²) < 4.78 is 17.5. The third kappa shape index (κ3) is 2.07. The molecule has 2 aromatic rings. The number of nitrogens with two attached hydrogens (primary N) is 1. The standard InChI is InChI=1S/C10H10FN3O2/c11-7-3-1-6(2-4-7)9-13-10(16-14-9)8(15)5-12/h1-4,8,15H,5,12H2. The van der Waals surface area contributed by atoms with E-state index in [-0.39, 0.29) is 18.3 Å². The summed E-state index contributed by atoms with van der Waals surface area (Å²) in [6.45, 7) is 0.00501. The number of rotatable bonds is 3. The lowest BCUT2D eigenvalue weighted by Gasteiger charge is -1.98. The van der Waals surface area contributed by atoms with Gasteiger partial charge in [-0.05, 0) is 24.3 Å². The molecule has 1 aromatic heterocycles. The third-order valence-corrected chi connectivity index (χ3v) is 2.05. The molecule has 0 bridgehead atoms. The molecule has 1 aromatic carbocycles. The average Bonchev–Trinajstić information content (AvgIpc) is 2.78. The van der Waals surface area contributed by atoms with Gasteiger partial charge in [0.15, 0.2) is 0 Å². The Morgan fingerprint density at radius 3 is 2.69 bits per heavy atom. The van der Waals surface area contributed by atoms with Gasteiger partial charge in [-0.3, -0.25) is 0 Å². The first-order chi connectivity index (χ1) is 7.70. The molecular formula is C10H10FN3O2. The van der Waals surface area contributed by atoms with E-state index in [1.165, 1.54) is 24.3 Å². The molecule has 0 spiro atoms. The summed E-state index contributed by atoms with van der Waals surface area (Å²) in [5, 5.41) is 13.0. The lowest BCUT2D eigenvalue weighted by Crippen LogP contribution is -2.11. The summed E-state index contributed by atoms with van der Waals surface area (Å²) in [5.41, 5.74) is 5.86. The van der Waals surface area contributed by atoms with Crippen molar-refractivity contribution in [1.29, 1.82) is 0 Å². The van der Waals surface area contributed by atoms with E-state index in [9.17, 15) is 9.50 Å². The van der Waals surface area contributed by atoms with E-state index in [2.05, 4.69) is 10.1 Å². The van der Waals surface area contributed by atoms with Gasteiger partial charge in [0.05, 0.1) is 0 Å². The van der Waals surface area contributed by atoms with Crippen molar-refractivity contribution in [2.45, 2.75) is 6.10 Å². The zero-order valence-electron chi connectivity index (χ0n) is 8.30. The van der Waals surface area contributed by atoms with Crippen molar-refractivity contribution in [3.63, 3.8) is 0 Å². The smallest absolute Gasteiger partial charge is 0.257 e. The molecule has 1 atom stereocenters. The highest BCUT2D eigenvalue weighted by molar-refractivity contribution is 5.53. The van der Waals surface area contributed by atoms with E-state index in [0.29, 0.717) is 11.4 Å². The maximum Gasteiger partial charge on any atom is 0.257 e. The largest absolute Gasteiger partial charge is 0.382 e. The normalized spacial score (nSPS) is 12.7. The summed E-state index contributed by atoms with van der Waals surface area (Å²) in [4.78, 5) is 3.95. The van der Waals surface area contributed by atoms with Crippen LogP contribution in [0.5, 0.6) is 0 Å². The molecule has 0 fully saturated rings. The van der Waals surface area contributed by atoms with Crippen LogP contribution in [0.1, 0.15) is 12.0 Å². The van der Waals surface area contributed by atoms with Crippen LogP contribution in [0, 0.1) is 5.82 Å². The first-order valence-corrected chi connectivity index (χ1v) is 4.68. The van der Waals surface area contributed by atoms with Crippen LogP contribution in [-0.4, -0.2) is 21.8 Å². The van der Waals surface area contributed by atoms with Crippen LogP contribution in [-0.2, 0) is 0 Å². The molecule has 6 heteroatoms. The number of aromatic nitrogens is 2. The molecule has 2 rings (SSSR count). The zero-order chi connectivity index (χ0) is 11.5. The van der Waals surface area contributed by atoms with Gasteiger partial charge in [0.25, 0.3) is 5.89 Å². The Bertz CT molecular complexity index is 469. The summed E-state index contributed by atoms with van der Waals surface area (Å²) in [6.07, 6.45) is -0.971. The Balaban J connectivity index is 2.28. The Hall–Kier alpha value is -1.79. The van der Waals surface area contributed by atoms with Gasteiger partial charge in [0, 0.05) is 12.1 Å². The number of nitrogens with zero attached hydrogens (tertiary/aromatic N) is 2. The lowest BCUT2D eigenvalue weighted by molar-refractivity contribution is 0.141. The zero-order valence-corrected chi connectivity index (χ0v) is 8.30. The second kappa shape index (κ2) is 4.38. The van der Waals surface area contributed by atoms with Crippen LogP contribution in [0.15, 0.2) is 28.8 Å². The van der Waals surface area contributed by atoms with Gasteiger partial charge in [-0.1, -0.05) is 5.16 Å². The van der Waals surface area contributed by atoms with Crippen molar-refractivity contribution in [3.05, 3.63) is 36.0 Å². The number of hydrogen-bond donors (Lipinski definition) is 2. The average molecular weight is 223 g/mol. The summed E-state index contributed by atoms with van der Waals surface area (Å²) in [6, 6.07) is 5.65. The van der Waals surface area contributed by atoms with E-state index in [1.807, 2.05) is 0 Å². The van der Waals surface area contributed by atoms with Gasteiger partial charge in [-0.15, -0.1) is 0 Å². The first kappa shape index (κ1) is 10.7.